The Kier molecular flexibility index (Phi) is 44.2. The smallest absolute Gasteiger partial charge is 0.332 e. The minimum atomic E-state index is -0.282. The number of carbonyl (C=O) groups is 1. The van der Waals surface area contributed by atoms with Crippen LogP contribution in [0.4, 0.5) is 0 Å². The van der Waals surface area contributed by atoms with E-state index in [4.69, 9.17) is 23.7 Å². The number of allylic oxidation sites excluding steroid dienone is 4. The molecule has 0 aromatic carbocycles. The molecule has 0 heterocycles. The van der Waals surface area contributed by atoms with E-state index in [9.17, 15) is 4.79 Å². The molecule has 8 heteroatoms. The molecule has 3 aliphatic rings. The van der Waals surface area contributed by atoms with Crippen LogP contribution in [0.25, 0.3) is 0 Å². The summed E-state index contributed by atoms with van der Waals surface area (Å²) in [5, 5.41) is 0. The van der Waals surface area contributed by atoms with Crippen LogP contribution in [0.2, 0.25) is 0 Å². The molecule has 3 fully saturated rings. The van der Waals surface area contributed by atoms with E-state index < -0.39 is 0 Å². The van der Waals surface area contributed by atoms with Gasteiger partial charge in [0.25, 0.3) is 0 Å². The Morgan fingerprint density at radius 1 is 0.537 bits per heavy atom. The van der Waals surface area contributed by atoms with Gasteiger partial charge in [-0.15, -0.1) is 0 Å². The molecular formula is C72H134N2O6. The zero-order valence-corrected chi connectivity index (χ0v) is 54.4. The topological polar surface area (TPSA) is 69.7 Å². The van der Waals surface area contributed by atoms with E-state index in [1.165, 1.54) is 249 Å². The Labute approximate surface area is 497 Å². The van der Waals surface area contributed by atoms with Gasteiger partial charge in [-0.25, -0.2) is 4.79 Å². The van der Waals surface area contributed by atoms with Gasteiger partial charge in [0.05, 0.1) is 46.2 Å². The fourth-order valence-corrected chi connectivity index (χ4v) is 13.9. The molecule has 3 saturated carbocycles. The molecule has 0 aromatic heterocycles. The van der Waals surface area contributed by atoms with Crippen LogP contribution in [-0.4, -0.2) is 114 Å². The highest BCUT2D eigenvalue weighted by Gasteiger charge is 2.50. The van der Waals surface area contributed by atoms with Crippen molar-refractivity contribution in [2.24, 2.45) is 29.1 Å². The molecule has 0 bridgehead atoms. The highest BCUT2D eigenvalue weighted by molar-refractivity contribution is 5.71. The fourth-order valence-electron chi connectivity index (χ4n) is 13.9. The summed E-state index contributed by atoms with van der Waals surface area (Å²) in [6, 6.07) is 0. The molecule has 3 rings (SSSR count). The molecule has 3 aliphatic carbocycles. The summed E-state index contributed by atoms with van der Waals surface area (Å²) in [6.07, 6.45) is 54.6. The highest BCUT2D eigenvalue weighted by Crippen LogP contribution is 2.60. The van der Waals surface area contributed by atoms with Crippen molar-refractivity contribution in [1.29, 1.82) is 0 Å². The fraction of sp³-hybridized carbons (Fsp3) is 0.903. The number of nitrogens with zero attached hydrogens (tertiary/aromatic N) is 2. The van der Waals surface area contributed by atoms with Gasteiger partial charge in [-0.2, -0.15) is 0 Å². The van der Waals surface area contributed by atoms with Crippen molar-refractivity contribution in [1.82, 2.24) is 9.80 Å². The zero-order chi connectivity index (χ0) is 57.6. The van der Waals surface area contributed by atoms with E-state index in [-0.39, 0.29) is 18.7 Å². The Morgan fingerprint density at radius 2 is 0.988 bits per heavy atom. The number of hydrogen-bond donors (Lipinski definition) is 0. The van der Waals surface area contributed by atoms with Crippen molar-refractivity contribution in [3.63, 3.8) is 0 Å². The Hall–Kier alpha value is -1.55. The van der Waals surface area contributed by atoms with Crippen LogP contribution < -0.4 is 0 Å². The third-order valence-corrected chi connectivity index (χ3v) is 19.0. The second kappa shape index (κ2) is 48.7. The summed E-state index contributed by atoms with van der Waals surface area (Å²) in [6.45, 7) is 31.7. The van der Waals surface area contributed by atoms with E-state index >= 15 is 0 Å². The molecule has 0 aromatic rings. The van der Waals surface area contributed by atoms with E-state index in [1.54, 1.807) is 5.57 Å². The average molecular weight is 1120 g/mol. The van der Waals surface area contributed by atoms with Crippen LogP contribution in [0.15, 0.2) is 35.5 Å². The second-order valence-electron chi connectivity index (χ2n) is 26.3. The molecule has 0 N–H and O–H groups in total. The maximum absolute atomic E-state index is 13.0. The van der Waals surface area contributed by atoms with E-state index in [2.05, 4.69) is 77.0 Å². The highest BCUT2D eigenvalue weighted by atomic mass is 16.6. The lowest BCUT2D eigenvalue weighted by molar-refractivity contribution is -0.155. The first-order chi connectivity index (χ1) is 39.1. The molecular weight excluding hydrogens is 989 g/mol. The van der Waals surface area contributed by atoms with Crippen molar-refractivity contribution >= 4 is 5.97 Å². The molecule has 468 valence electrons. The molecule has 0 saturated heterocycles. The number of fused-ring (bicyclic) bond motifs is 1. The standard InChI is InChI=1S/C72H134N2O6/c1-9-12-15-18-21-24-27-30-33-48-73(49-34-31-28-25-22-19-16-13-10-2)51-54-76-57-58-77-55-52-74(50-35-32-29-26-23-20-17-14-11-3)53-56-78-59-60-79-62-71(75)80-68-44-41-64(6)67(61-68)43-42-66-40-37-47-72(8)69(45-46-70(66)72)65(7)39-36-38-63(4)5/h42-43,63,65,68-70H,6,9-41,44-62H2,1-5,7-8H3/b66-42+,67-43-/t65-,68+,69-,70?,72-/m1/s1. The lowest BCUT2D eigenvalue weighted by Crippen LogP contribution is -2.36. The molecule has 0 amide bonds. The summed E-state index contributed by atoms with van der Waals surface area (Å²) in [5.74, 6) is 2.85. The first kappa shape index (κ1) is 72.7. The number of unbranched alkanes of at least 4 members (excludes halogenated alkanes) is 24. The lowest BCUT2D eigenvalue weighted by Gasteiger charge is -2.44. The van der Waals surface area contributed by atoms with Crippen molar-refractivity contribution < 1.29 is 28.5 Å². The van der Waals surface area contributed by atoms with Crippen LogP contribution in [0.1, 0.15) is 292 Å². The van der Waals surface area contributed by atoms with E-state index in [1.807, 2.05) is 0 Å². The SMILES string of the molecule is C=C1CC[C@H](OC(=O)COCCOCCN(CCCCCCCCCCC)CCOCCOCCN(CCCCCCCCCCC)CCCCCCCCCCC)C/C1=C/C=C1\CCC[C@@]2(C)C1CC[C@@H]2[C@H](C)CCCC(C)C. The third kappa shape index (κ3) is 34.4. The largest absolute Gasteiger partial charge is 0.460 e. The quantitative estimate of drug-likeness (QED) is 0.0441. The second-order valence-corrected chi connectivity index (χ2v) is 26.3. The molecule has 80 heavy (non-hydrogen) atoms. The predicted octanol–water partition coefficient (Wildman–Crippen LogP) is 19.4. The van der Waals surface area contributed by atoms with Crippen LogP contribution in [0, 0.1) is 29.1 Å². The molecule has 1 unspecified atom stereocenters. The number of hydrogen-bond acceptors (Lipinski definition) is 8. The van der Waals surface area contributed by atoms with Crippen molar-refractivity contribution in [2.75, 3.05) is 92.1 Å². The van der Waals surface area contributed by atoms with Gasteiger partial charge < -0.3 is 28.6 Å². The summed E-state index contributed by atoms with van der Waals surface area (Å²) in [7, 11) is 0. The molecule has 0 radical (unpaired) electrons. The number of rotatable bonds is 54. The van der Waals surface area contributed by atoms with Crippen LogP contribution in [0.5, 0.6) is 0 Å². The average Bonchev–Trinajstić information content (AvgIpc) is 3.99. The van der Waals surface area contributed by atoms with Gasteiger partial charge in [0.15, 0.2) is 0 Å². The van der Waals surface area contributed by atoms with E-state index in [0.717, 1.165) is 69.8 Å². The molecule has 8 nitrogen and oxygen atoms in total. The first-order valence-corrected chi connectivity index (χ1v) is 35.1. The van der Waals surface area contributed by atoms with Gasteiger partial charge in [0.2, 0.25) is 0 Å². The van der Waals surface area contributed by atoms with Crippen LogP contribution >= 0.6 is 0 Å². The van der Waals surface area contributed by atoms with Gasteiger partial charge in [0, 0.05) is 26.1 Å². The third-order valence-electron chi connectivity index (χ3n) is 19.0. The van der Waals surface area contributed by atoms with Gasteiger partial charge in [-0.3, -0.25) is 4.90 Å². The lowest BCUT2D eigenvalue weighted by atomic mass is 9.60. The molecule has 5 atom stereocenters. The van der Waals surface area contributed by atoms with E-state index in [0.29, 0.717) is 51.0 Å². The number of esters is 1. The summed E-state index contributed by atoms with van der Waals surface area (Å²) in [4.78, 5) is 18.2. The van der Waals surface area contributed by atoms with Crippen molar-refractivity contribution in [3.05, 3.63) is 35.5 Å². The normalized spacial score (nSPS) is 21.0. The maximum atomic E-state index is 13.0. The molecule has 0 spiro atoms. The van der Waals surface area contributed by atoms with Crippen molar-refractivity contribution in [2.45, 2.75) is 299 Å². The van der Waals surface area contributed by atoms with Gasteiger partial charge >= 0.3 is 5.97 Å². The number of carbonyl (C=O) groups excluding carboxylic acids is 1. The Bertz CT molecular complexity index is 1520. The monoisotopic (exact) mass is 1120 g/mol. The Morgan fingerprint density at radius 3 is 1.46 bits per heavy atom. The molecule has 0 aliphatic heterocycles. The minimum absolute atomic E-state index is 0.0377. The van der Waals surface area contributed by atoms with Gasteiger partial charge in [-0.05, 0) is 119 Å². The summed E-state index contributed by atoms with van der Waals surface area (Å²) in [5.41, 5.74) is 4.51. The maximum Gasteiger partial charge on any atom is 0.332 e. The van der Waals surface area contributed by atoms with Crippen molar-refractivity contribution in [3.8, 4) is 0 Å². The predicted molar refractivity (Wildman–Crippen MR) is 343 cm³/mol. The summed E-state index contributed by atoms with van der Waals surface area (Å²) >= 11 is 0. The Balaban J connectivity index is 1.34. The van der Waals surface area contributed by atoms with Gasteiger partial charge in [0.1, 0.15) is 12.7 Å². The first-order valence-electron chi connectivity index (χ1n) is 35.1. The van der Waals surface area contributed by atoms with Crippen LogP contribution in [-0.2, 0) is 28.5 Å². The van der Waals surface area contributed by atoms with Crippen LogP contribution in [0.3, 0.4) is 0 Å². The number of ether oxygens (including phenoxy) is 5. The zero-order valence-electron chi connectivity index (χ0n) is 54.4. The minimum Gasteiger partial charge on any atom is -0.460 e. The summed E-state index contributed by atoms with van der Waals surface area (Å²) < 4.78 is 30.2. The van der Waals surface area contributed by atoms with Gasteiger partial charge in [-0.1, -0.05) is 252 Å².